The fraction of sp³-hybridized carbons (Fsp3) is 0.700. The summed E-state index contributed by atoms with van der Waals surface area (Å²) in [4.78, 5) is 29.7. The molecule has 2 amide bonds. The number of likely N-dealkylation sites (tertiary alicyclic amines) is 1. The molecule has 0 N–H and O–H groups in total. The first-order valence-electron chi connectivity index (χ1n) is 9.89. The molecule has 5 nitrogen and oxygen atoms in total. The largest absolute Gasteiger partial charge is 0.464 e. The summed E-state index contributed by atoms with van der Waals surface area (Å²) in [6.07, 6.45) is 6.48. The van der Waals surface area contributed by atoms with Gasteiger partial charge < -0.3 is 14.2 Å². The van der Waals surface area contributed by atoms with Crippen LogP contribution in [0.2, 0.25) is 0 Å². The standard InChI is InChI=1S/C20H28N2O3S/c1-3-14-8-9-17(25-14)15-7-5-4-6-12-21(15)19(24)16-13-26-20(2)11-10-18(23)22(16)20/h8-9,15-16H,3-7,10-13H2,1-2H3/t15-,16+,20+/m0/s1. The second-order valence-corrected chi connectivity index (χ2v) is 9.32. The van der Waals surface area contributed by atoms with Gasteiger partial charge in [0.25, 0.3) is 0 Å². The van der Waals surface area contributed by atoms with E-state index in [1.54, 1.807) is 11.8 Å². The highest BCUT2D eigenvalue weighted by Crippen LogP contribution is 2.48. The number of carbonyl (C=O) groups excluding carboxylic acids is 2. The van der Waals surface area contributed by atoms with Crippen LogP contribution in [0.25, 0.3) is 0 Å². The number of aryl methyl sites for hydroxylation is 1. The zero-order chi connectivity index (χ0) is 18.3. The Morgan fingerprint density at radius 3 is 2.96 bits per heavy atom. The maximum atomic E-state index is 13.5. The third-order valence-corrected chi connectivity index (χ3v) is 7.63. The number of carbonyl (C=O) groups is 2. The first-order valence-corrected chi connectivity index (χ1v) is 10.9. The third kappa shape index (κ3) is 2.96. The van der Waals surface area contributed by atoms with Gasteiger partial charge in [-0.15, -0.1) is 11.8 Å². The summed E-state index contributed by atoms with van der Waals surface area (Å²) in [5.74, 6) is 2.82. The fourth-order valence-electron chi connectivity index (χ4n) is 4.63. The van der Waals surface area contributed by atoms with E-state index < -0.39 is 0 Å². The third-order valence-electron chi connectivity index (χ3n) is 6.13. The maximum absolute atomic E-state index is 13.5. The molecule has 0 aliphatic carbocycles. The van der Waals surface area contributed by atoms with Crippen molar-refractivity contribution >= 4 is 23.6 Å². The predicted molar refractivity (Wildman–Crippen MR) is 102 cm³/mol. The maximum Gasteiger partial charge on any atom is 0.246 e. The molecule has 0 unspecified atom stereocenters. The zero-order valence-corrected chi connectivity index (χ0v) is 16.5. The summed E-state index contributed by atoms with van der Waals surface area (Å²) in [7, 11) is 0. The van der Waals surface area contributed by atoms with E-state index in [0.717, 1.165) is 56.6 Å². The molecule has 1 aromatic heterocycles. The quantitative estimate of drug-likeness (QED) is 0.806. The van der Waals surface area contributed by atoms with Crippen molar-refractivity contribution in [2.24, 2.45) is 0 Å². The van der Waals surface area contributed by atoms with Gasteiger partial charge in [0.2, 0.25) is 11.8 Å². The molecule has 26 heavy (non-hydrogen) atoms. The van der Waals surface area contributed by atoms with E-state index in [9.17, 15) is 9.59 Å². The normalized spacial score (nSPS) is 32.0. The predicted octanol–water partition coefficient (Wildman–Crippen LogP) is 3.74. The molecule has 4 rings (SSSR count). The summed E-state index contributed by atoms with van der Waals surface area (Å²) >= 11 is 1.76. The van der Waals surface area contributed by atoms with E-state index in [0.29, 0.717) is 12.2 Å². The van der Waals surface area contributed by atoms with Gasteiger partial charge in [-0.25, -0.2) is 0 Å². The van der Waals surface area contributed by atoms with Gasteiger partial charge in [-0.3, -0.25) is 9.59 Å². The van der Waals surface area contributed by atoms with Crippen molar-refractivity contribution in [2.75, 3.05) is 12.3 Å². The van der Waals surface area contributed by atoms with Crippen molar-refractivity contribution in [2.45, 2.75) is 75.7 Å². The first kappa shape index (κ1) is 18.0. The molecule has 0 saturated carbocycles. The summed E-state index contributed by atoms with van der Waals surface area (Å²) in [6.45, 7) is 4.94. The van der Waals surface area contributed by atoms with Gasteiger partial charge in [0.15, 0.2) is 0 Å². The number of nitrogens with zero attached hydrogens (tertiary/aromatic N) is 2. The minimum atomic E-state index is -0.318. The second-order valence-electron chi connectivity index (χ2n) is 7.82. The van der Waals surface area contributed by atoms with E-state index in [4.69, 9.17) is 4.42 Å². The highest BCUT2D eigenvalue weighted by Gasteiger charge is 2.54. The van der Waals surface area contributed by atoms with Crippen LogP contribution in [-0.4, -0.2) is 44.8 Å². The van der Waals surface area contributed by atoms with E-state index in [2.05, 4.69) is 13.8 Å². The van der Waals surface area contributed by atoms with Gasteiger partial charge in [0.1, 0.15) is 17.6 Å². The van der Waals surface area contributed by atoms with Gasteiger partial charge >= 0.3 is 0 Å². The van der Waals surface area contributed by atoms with E-state index >= 15 is 0 Å². The number of rotatable bonds is 3. The van der Waals surface area contributed by atoms with Gasteiger partial charge in [0, 0.05) is 25.1 Å². The van der Waals surface area contributed by atoms with Crippen LogP contribution in [0.3, 0.4) is 0 Å². The molecule has 3 fully saturated rings. The molecule has 3 atom stereocenters. The Morgan fingerprint density at radius 2 is 2.19 bits per heavy atom. The Balaban J connectivity index is 1.60. The monoisotopic (exact) mass is 376 g/mol. The van der Waals surface area contributed by atoms with Crippen LogP contribution in [-0.2, 0) is 16.0 Å². The second kappa shape index (κ2) is 6.95. The first-order chi connectivity index (χ1) is 12.5. The summed E-state index contributed by atoms with van der Waals surface area (Å²) in [5, 5.41) is 0. The van der Waals surface area contributed by atoms with Crippen molar-refractivity contribution < 1.29 is 14.0 Å². The van der Waals surface area contributed by atoms with Gasteiger partial charge in [-0.05, 0) is 38.3 Å². The molecule has 0 radical (unpaired) electrons. The van der Waals surface area contributed by atoms with Crippen molar-refractivity contribution in [1.82, 2.24) is 9.80 Å². The summed E-state index contributed by atoms with van der Waals surface area (Å²) < 4.78 is 6.02. The lowest BCUT2D eigenvalue weighted by Crippen LogP contribution is -2.52. The van der Waals surface area contributed by atoms with Crippen molar-refractivity contribution in [3.05, 3.63) is 23.7 Å². The van der Waals surface area contributed by atoms with Crippen LogP contribution in [0, 0.1) is 0 Å². The van der Waals surface area contributed by atoms with E-state index in [-0.39, 0.29) is 28.8 Å². The minimum Gasteiger partial charge on any atom is -0.464 e. The Morgan fingerprint density at radius 1 is 1.35 bits per heavy atom. The molecule has 142 valence electrons. The molecule has 6 heteroatoms. The fourth-order valence-corrected chi connectivity index (χ4v) is 6.05. The number of fused-ring (bicyclic) bond motifs is 1. The number of hydrogen-bond acceptors (Lipinski definition) is 4. The van der Waals surface area contributed by atoms with Crippen molar-refractivity contribution in [1.29, 1.82) is 0 Å². The molecule has 3 saturated heterocycles. The zero-order valence-electron chi connectivity index (χ0n) is 15.7. The lowest BCUT2D eigenvalue weighted by atomic mass is 10.1. The van der Waals surface area contributed by atoms with Crippen molar-refractivity contribution in [3.8, 4) is 0 Å². The van der Waals surface area contributed by atoms with E-state index in [1.807, 2.05) is 21.9 Å². The van der Waals surface area contributed by atoms with Gasteiger partial charge in [-0.2, -0.15) is 0 Å². The van der Waals surface area contributed by atoms with E-state index in [1.165, 1.54) is 0 Å². The number of hydrogen-bond donors (Lipinski definition) is 0. The number of furan rings is 1. The Kier molecular flexibility index (Phi) is 4.80. The van der Waals surface area contributed by atoms with Crippen LogP contribution in [0.1, 0.15) is 69.9 Å². The number of thioether (sulfide) groups is 1. The highest BCUT2D eigenvalue weighted by molar-refractivity contribution is 8.01. The summed E-state index contributed by atoms with van der Waals surface area (Å²) in [5.41, 5.74) is 0. The molecule has 0 bridgehead atoms. The molecule has 0 spiro atoms. The lowest BCUT2D eigenvalue weighted by Gasteiger charge is -2.35. The molecular weight excluding hydrogens is 348 g/mol. The number of amides is 2. The SMILES string of the molecule is CCc1ccc([C@@H]2CCCCCN2C(=O)[C@H]2CS[C@]3(C)CCC(=O)N23)o1. The molecule has 1 aromatic rings. The topological polar surface area (TPSA) is 53.8 Å². The average molecular weight is 377 g/mol. The van der Waals surface area contributed by atoms with Crippen LogP contribution >= 0.6 is 11.8 Å². The molecule has 4 heterocycles. The molecule has 0 aromatic carbocycles. The molecular formula is C20H28N2O3S. The van der Waals surface area contributed by atoms with Gasteiger partial charge in [0.05, 0.1) is 10.9 Å². The smallest absolute Gasteiger partial charge is 0.246 e. The molecule has 3 aliphatic rings. The van der Waals surface area contributed by atoms with Crippen molar-refractivity contribution in [3.63, 3.8) is 0 Å². The Bertz CT molecular complexity index is 703. The lowest BCUT2D eigenvalue weighted by molar-refractivity contribution is -0.145. The van der Waals surface area contributed by atoms with Crippen LogP contribution in [0.5, 0.6) is 0 Å². The van der Waals surface area contributed by atoms with Gasteiger partial charge in [-0.1, -0.05) is 19.8 Å². The Hall–Kier alpha value is -1.43. The minimum absolute atomic E-state index is 0.000128. The highest BCUT2D eigenvalue weighted by atomic mass is 32.2. The van der Waals surface area contributed by atoms with Crippen LogP contribution < -0.4 is 0 Å². The van der Waals surface area contributed by atoms with Crippen LogP contribution in [0.15, 0.2) is 16.5 Å². The Labute approximate surface area is 159 Å². The average Bonchev–Trinajstić information content (AvgIpc) is 3.25. The van der Waals surface area contributed by atoms with Crippen LogP contribution in [0.4, 0.5) is 0 Å². The molecule has 3 aliphatic heterocycles. The summed E-state index contributed by atoms with van der Waals surface area (Å²) in [6, 6.07) is 3.74.